The van der Waals surface area contributed by atoms with Crippen molar-refractivity contribution in [1.82, 2.24) is 14.7 Å². The van der Waals surface area contributed by atoms with Gasteiger partial charge in [0.05, 0.1) is 25.0 Å². The van der Waals surface area contributed by atoms with E-state index in [-0.39, 0.29) is 36.2 Å². The summed E-state index contributed by atoms with van der Waals surface area (Å²) in [5.74, 6) is -0.556. The summed E-state index contributed by atoms with van der Waals surface area (Å²) in [5.41, 5.74) is 6.67. The van der Waals surface area contributed by atoms with Crippen LogP contribution in [0.5, 0.6) is 0 Å². The predicted octanol–water partition coefficient (Wildman–Crippen LogP) is 1.39. The summed E-state index contributed by atoms with van der Waals surface area (Å²) in [6.07, 6.45) is 0.374. The highest BCUT2D eigenvalue weighted by molar-refractivity contribution is 5.99. The molecule has 1 aliphatic rings. The molecule has 2 N–H and O–H groups in total. The Bertz CT molecular complexity index is 647. The number of aromatic nitrogens is 2. The van der Waals surface area contributed by atoms with Gasteiger partial charge in [-0.25, -0.2) is 13.5 Å². The SMILES string of the molecule is Nc1c(C(=O)N2CC(F)C2)cnn1-c1ccc(F)cc1. The first kappa shape index (κ1) is 12.6. The molecule has 2 heterocycles. The molecule has 0 saturated carbocycles. The fourth-order valence-corrected chi connectivity index (χ4v) is 2.07. The molecule has 1 amide bonds. The number of rotatable bonds is 2. The van der Waals surface area contributed by atoms with E-state index in [9.17, 15) is 13.6 Å². The van der Waals surface area contributed by atoms with Gasteiger partial charge in [0.25, 0.3) is 5.91 Å². The Balaban J connectivity index is 1.88. The minimum absolute atomic E-state index is 0.0833. The molecule has 1 aromatic heterocycles. The van der Waals surface area contributed by atoms with Crippen LogP contribution in [0.3, 0.4) is 0 Å². The van der Waals surface area contributed by atoms with Crippen molar-refractivity contribution in [3.05, 3.63) is 41.8 Å². The number of halogens is 2. The van der Waals surface area contributed by atoms with Gasteiger partial charge in [-0.1, -0.05) is 0 Å². The normalized spacial score (nSPS) is 15.2. The van der Waals surface area contributed by atoms with Crippen LogP contribution in [0, 0.1) is 5.82 Å². The lowest BCUT2D eigenvalue weighted by atomic mass is 10.1. The van der Waals surface area contributed by atoms with Crippen molar-refractivity contribution in [3.63, 3.8) is 0 Å². The number of nitrogen functional groups attached to an aromatic ring is 1. The zero-order valence-electron chi connectivity index (χ0n) is 10.5. The van der Waals surface area contributed by atoms with Crippen LogP contribution in [0.1, 0.15) is 10.4 Å². The molecule has 20 heavy (non-hydrogen) atoms. The number of anilines is 1. The predicted molar refractivity (Wildman–Crippen MR) is 68.7 cm³/mol. The molecule has 7 heteroatoms. The van der Waals surface area contributed by atoms with E-state index >= 15 is 0 Å². The molecular formula is C13H12F2N4O. The molecule has 3 rings (SSSR count). The van der Waals surface area contributed by atoms with Crippen LogP contribution in [0.4, 0.5) is 14.6 Å². The summed E-state index contributed by atoms with van der Waals surface area (Å²) < 4.78 is 27.0. The lowest BCUT2D eigenvalue weighted by Gasteiger charge is -2.34. The highest BCUT2D eigenvalue weighted by Crippen LogP contribution is 2.22. The number of alkyl halides is 1. The quantitative estimate of drug-likeness (QED) is 0.902. The lowest BCUT2D eigenvalue weighted by Crippen LogP contribution is -2.51. The largest absolute Gasteiger partial charge is 0.383 e. The molecule has 5 nitrogen and oxygen atoms in total. The molecule has 0 bridgehead atoms. The average Bonchev–Trinajstić information content (AvgIpc) is 2.77. The van der Waals surface area contributed by atoms with Crippen molar-refractivity contribution in [1.29, 1.82) is 0 Å². The number of amides is 1. The van der Waals surface area contributed by atoms with Crippen LogP contribution < -0.4 is 5.73 Å². The number of hydrogen-bond acceptors (Lipinski definition) is 3. The van der Waals surface area contributed by atoms with Gasteiger partial charge in [0.2, 0.25) is 0 Å². The van der Waals surface area contributed by atoms with Gasteiger partial charge in [0, 0.05) is 0 Å². The number of carbonyl (C=O) groups excluding carboxylic acids is 1. The second kappa shape index (κ2) is 4.59. The van der Waals surface area contributed by atoms with Gasteiger partial charge in [-0.3, -0.25) is 4.79 Å². The molecular weight excluding hydrogens is 266 g/mol. The van der Waals surface area contributed by atoms with E-state index in [0.29, 0.717) is 5.69 Å². The van der Waals surface area contributed by atoms with Gasteiger partial charge in [-0.15, -0.1) is 0 Å². The van der Waals surface area contributed by atoms with Gasteiger partial charge in [0.15, 0.2) is 0 Å². The maximum atomic E-state index is 12.9. The fourth-order valence-electron chi connectivity index (χ4n) is 2.07. The van der Waals surface area contributed by atoms with Gasteiger partial charge < -0.3 is 10.6 Å². The standard InChI is InChI=1S/C13H12F2N4O/c14-8-1-3-10(4-2-8)19-12(16)11(5-17-19)13(20)18-6-9(15)7-18/h1-5,9H,6-7,16H2. The van der Waals surface area contributed by atoms with E-state index in [0.717, 1.165) is 0 Å². The monoisotopic (exact) mass is 278 g/mol. The molecule has 1 saturated heterocycles. The summed E-state index contributed by atoms with van der Waals surface area (Å²) >= 11 is 0. The summed E-state index contributed by atoms with van der Waals surface area (Å²) in [7, 11) is 0. The Hall–Kier alpha value is -2.44. The maximum absolute atomic E-state index is 12.9. The van der Waals surface area contributed by atoms with E-state index in [1.54, 1.807) is 0 Å². The number of likely N-dealkylation sites (tertiary alicyclic amines) is 1. The molecule has 104 valence electrons. The van der Waals surface area contributed by atoms with Crippen LogP contribution in [-0.4, -0.2) is 39.8 Å². The van der Waals surface area contributed by atoms with Crippen LogP contribution in [-0.2, 0) is 0 Å². The van der Waals surface area contributed by atoms with Crippen LogP contribution in [0.15, 0.2) is 30.5 Å². The van der Waals surface area contributed by atoms with Crippen molar-refractivity contribution >= 4 is 11.7 Å². The lowest BCUT2D eigenvalue weighted by molar-refractivity contribution is 0.0401. The average molecular weight is 278 g/mol. The molecule has 2 aromatic rings. The summed E-state index contributed by atoms with van der Waals surface area (Å²) in [6.45, 7) is 0.167. The molecule has 1 aromatic carbocycles. The zero-order chi connectivity index (χ0) is 14.3. The number of carbonyl (C=O) groups is 1. The minimum Gasteiger partial charge on any atom is -0.383 e. The first-order valence-electron chi connectivity index (χ1n) is 6.09. The summed E-state index contributed by atoms with van der Waals surface area (Å²) in [4.78, 5) is 13.4. The summed E-state index contributed by atoms with van der Waals surface area (Å²) in [6, 6.07) is 5.57. The van der Waals surface area contributed by atoms with Crippen molar-refractivity contribution in [2.75, 3.05) is 18.8 Å². The number of hydrogen-bond donors (Lipinski definition) is 1. The molecule has 0 atom stereocenters. The minimum atomic E-state index is -0.965. The van der Waals surface area contributed by atoms with Crippen LogP contribution >= 0.6 is 0 Å². The van der Waals surface area contributed by atoms with E-state index in [4.69, 9.17) is 5.73 Å². The Morgan fingerprint density at radius 3 is 2.55 bits per heavy atom. The third-order valence-corrected chi connectivity index (χ3v) is 3.23. The highest BCUT2D eigenvalue weighted by atomic mass is 19.1. The number of nitrogens with zero attached hydrogens (tertiary/aromatic N) is 3. The van der Waals surface area contributed by atoms with E-state index in [2.05, 4.69) is 5.10 Å². The van der Waals surface area contributed by atoms with Crippen molar-refractivity contribution < 1.29 is 13.6 Å². The highest BCUT2D eigenvalue weighted by Gasteiger charge is 2.32. The molecule has 1 aliphatic heterocycles. The topological polar surface area (TPSA) is 64.2 Å². The zero-order valence-corrected chi connectivity index (χ0v) is 10.5. The van der Waals surface area contributed by atoms with Crippen molar-refractivity contribution in [3.8, 4) is 5.69 Å². The Morgan fingerprint density at radius 2 is 1.95 bits per heavy atom. The van der Waals surface area contributed by atoms with Gasteiger partial charge in [-0.2, -0.15) is 5.10 Å². The van der Waals surface area contributed by atoms with Gasteiger partial charge in [-0.05, 0) is 24.3 Å². The van der Waals surface area contributed by atoms with E-state index < -0.39 is 6.17 Å². The van der Waals surface area contributed by atoms with E-state index in [1.807, 2.05) is 0 Å². The second-order valence-corrected chi connectivity index (χ2v) is 4.64. The van der Waals surface area contributed by atoms with Crippen LogP contribution in [0.2, 0.25) is 0 Å². The number of nitrogens with two attached hydrogens (primary N) is 1. The molecule has 0 radical (unpaired) electrons. The van der Waals surface area contributed by atoms with Crippen molar-refractivity contribution in [2.24, 2.45) is 0 Å². The van der Waals surface area contributed by atoms with E-state index in [1.165, 1.54) is 40.0 Å². The smallest absolute Gasteiger partial charge is 0.259 e. The fraction of sp³-hybridized carbons (Fsp3) is 0.231. The number of benzene rings is 1. The molecule has 1 fully saturated rings. The van der Waals surface area contributed by atoms with Crippen molar-refractivity contribution in [2.45, 2.75) is 6.17 Å². The van der Waals surface area contributed by atoms with Crippen LogP contribution in [0.25, 0.3) is 5.69 Å². The van der Waals surface area contributed by atoms with Gasteiger partial charge >= 0.3 is 0 Å². The maximum Gasteiger partial charge on any atom is 0.259 e. The summed E-state index contributed by atoms with van der Waals surface area (Å²) in [5, 5.41) is 4.02. The first-order valence-corrected chi connectivity index (χ1v) is 6.09. The first-order chi connectivity index (χ1) is 9.56. The molecule has 0 unspecified atom stereocenters. The third-order valence-electron chi connectivity index (χ3n) is 3.23. The van der Waals surface area contributed by atoms with Gasteiger partial charge in [0.1, 0.15) is 23.4 Å². The Morgan fingerprint density at radius 1 is 1.30 bits per heavy atom. The third kappa shape index (κ3) is 2.01. The Labute approximate surface area is 113 Å². The second-order valence-electron chi connectivity index (χ2n) is 4.64. The Kier molecular flexibility index (Phi) is 2.89. The molecule has 0 spiro atoms. The molecule has 0 aliphatic carbocycles.